The van der Waals surface area contributed by atoms with Gasteiger partial charge in [-0.1, -0.05) is 19.4 Å². The summed E-state index contributed by atoms with van der Waals surface area (Å²) < 4.78 is 35.6. The van der Waals surface area contributed by atoms with Crippen molar-refractivity contribution in [2.24, 2.45) is 0 Å². The lowest BCUT2D eigenvalue weighted by Gasteiger charge is -2.18. The highest BCUT2D eigenvalue weighted by molar-refractivity contribution is 5.93. The molecule has 0 spiro atoms. The van der Waals surface area contributed by atoms with Gasteiger partial charge in [0.25, 0.3) is 0 Å². The van der Waals surface area contributed by atoms with E-state index in [1.807, 2.05) is 6.92 Å². The van der Waals surface area contributed by atoms with E-state index < -0.39 is 42.0 Å². The predicted molar refractivity (Wildman–Crippen MR) is 110 cm³/mol. The summed E-state index contributed by atoms with van der Waals surface area (Å²) in [4.78, 5) is 12.9. The Hall–Kier alpha value is -3.44. The van der Waals surface area contributed by atoms with Crippen molar-refractivity contribution in [3.05, 3.63) is 54.4 Å². The number of nitrogens with zero attached hydrogens (tertiary/aromatic N) is 3. The summed E-state index contributed by atoms with van der Waals surface area (Å²) >= 11 is 0. The van der Waals surface area contributed by atoms with E-state index in [1.165, 1.54) is 33.8 Å². The van der Waals surface area contributed by atoms with Crippen molar-refractivity contribution in [3.63, 3.8) is 0 Å². The molecule has 0 fully saturated rings. The minimum Gasteiger partial charge on any atom is -0.494 e. The zero-order valence-corrected chi connectivity index (χ0v) is 17.3. The van der Waals surface area contributed by atoms with Gasteiger partial charge in [0.05, 0.1) is 25.5 Å². The van der Waals surface area contributed by atoms with E-state index in [4.69, 9.17) is 9.84 Å². The van der Waals surface area contributed by atoms with E-state index in [9.17, 15) is 23.8 Å². The van der Waals surface area contributed by atoms with Crippen LogP contribution in [-0.2, 0) is 11.3 Å². The predicted octanol–water partition coefficient (Wildman–Crippen LogP) is 2.79. The molecule has 9 nitrogen and oxygen atoms in total. The monoisotopic (exact) mass is 450 g/mol. The Balaban J connectivity index is 1.77. The molecule has 0 bridgehead atoms. The van der Waals surface area contributed by atoms with Gasteiger partial charge in [0.15, 0.2) is 29.1 Å². The largest absolute Gasteiger partial charge is 0.494 e. The van der Waals surface area contributed by atoms with Crippen LogP contribution in [-0.4, -0.2) is 48.3 Å². The molecule has 2 heterocycles. The van der Waals surface area contributed by atoms with Crippen molar-refractivity contribution in [2.45, 2.75) is 38.5 Å². The second-order valence-corrected chi connectivity index (χ2v) is 7.15. The summed E-state index contributed by atoms with van der Waals surface area (Å²) in [6.45, 7) is 1.49. The van der Waals surface area contributed by atoms with Gasteiger partial charge in [-0.2, -0.15) is 5.10 Å². The van der Waals surface area contributed by atoms with E-state index in [1.54, 1.807) is 0 Å². The van der Waals surface area contributed by atoms with Crippen molar-refractivity contribution in [1.82, 2.24) is 14.3 Å². The van der Waals surface area contributed by atoms with E-state index in [0.717, 1.165) is 18.2 Å². The Kier molecular flexibility index (Phi) is 7.44. The van der Waals surface area contributed by atoms with Crippen LogP contribution >= 0.6 is 0 Å². The number of nitrogens with one attached hydrogen (secondary N) is 1. The summed E-state index contributed by atoms with van der Waals surface area (Å²) in [5.74, 6) is -3.03. The summed E-state index contributed by atoms with van der Waals surface area (Å²) in [5, 5.41) is 35.5. The van der Waals surface area contributed by atoms with Gasteiger partial charge in [-0.15, -0.1) is 0 Å². The molecule has 2 atom stereocenters. The number of aromatic nitrogens is 3. The number of carbonyl (C=O) groups is 1. The first-order valence-electron chi connectivity index (χ1n) is 9.98. The molecular weight excluding hydrogens is 426 g/mol. The number of anilines is 1. The third-order valence-electron chi connectivity index (χ3n) is 4.64. The fourth-order valence-electron chi connectivity index (χ4n) is 3.13. The zero-order valence-electron chi connectivity index (χ0n) is 17.3. The standard InChI is InChI=1S/C21H24F2N4O5/c1-2-4-17(21(31)24-18-7-8-26(25-18)10-13(29)12-28)27-11-14(9-19(27)30)32-20-15(22)5-3-6-16(20)23/h3,5-9,11,13,17,28-30H,2,4,10,12H2,1H3,(H,24,25,31)/t13-,17+/m1/s1. The molecule has 11 heteroatoms. The molecule has 0 saturated carbocycles. The van der Waals surface area contributed by atoms with E-state index in [0.29, 0.717) is 12.8 Å². The number of amides is 1. The van der Waals surface area contributed by atoms with E-state index in [-0.39, 0.29) is 24.0 Å². The SMILES string of the molecule is CCC[C@@H](C(=O)Nc1ccn(C[C@@H](O)CO)n1)n1cc(Oc2c(F)cccc2F)cc1O. The number of aromatic hydroxyl groups is 1. The second-order valence-electron chi connectivity index (χ2n) is 7.15. The lowest BCUT2D eigenvalue weighted by atomic mass is 10.1. The number of benzene rings is 1. The average Bonchev–Trinajstić information content (AvgIpc) is 3.34. The van der Waals surface area contributed by atoms with Crippen molar-refractivity contribution < 1.29 is 33.6 Å². The van der Waals surface area contributed by atoms with Crippen LogP contribution in [0.15, 0.2) is 42.7 Å². The van der Waals surface area contributed by atoms with Crippen molar-refractivity contribution in [2.75, 3.05) is 11.9 Å². The molecule has 1 amide bonds. The number of halogens is 2. The molecule has 0 unspecified atom stereocenters. The summed E-state index contributed by atoms with van der Waals surface area (Å²) in [7, 11) is 0. The summed E-state index contributed by atoms with van der Waals surface area (Å²) in [5.41, 5.74) is 0. The molecule has 0 aliphatic heterocycles. The van der Waals surface area contributed by atoms with E-state index in [2.05, 4.69) is 10.4 Å². The lowest BCUT2D eigenvalue weighted by molar-refractivity contribution is -0.119. The summed E-state index contributed by atoms with van der Waals surface area (Å²) in [6.07, 6.45) is 2.79. The Morgan fingerprint density at radius 1 is 1.28 bits per heavy atom. The molecule has 0 aliphatic rings. The van der Waals surface area contributed by atoms with E-state index >= 15 is 0 Å². The molecule has 0 saturated heterocycles. The Morgan fingerprint density at radius 3 is 2.66 bits per heavy atom. The normalized spacial score (nSPS) is 13.0. The molecule has 4 N–H and O–H groups in total. The van der Waals surface area contributed by atoms with Crippen LogP contribution in [0.4, 0.5) is 14.6 Å². The minimum absolute atomic E-state index is 0.0392. The van der Waals surface area contributed by atoms with Crippen LogP contribution in [0.3, 0.4) is 0 Å². The van der Waals surface area contributed by atoms with Gasteiger partial charge in [-0.05, 0) is 18.6 Å². The molecule has 1 aromatic carbocycles. The highest BCUT2D eigenvalue weighted by Crippen LogP contribution is 2.33. The molecule has 172 valence electrons. The Morgan fingerprint density at radius 2 is 2.00 bits per heavy atom. The van der Waals surface area contributed by atoms with Gasteiger partial charge >= 0.3 is 0 Å². The number of hydrogen-bond acceptors (Lipinski definition) is 6. The Bertz CT molecular complexity index is 1050. The third kappa shape index (κ3) is 5.42. The first-order valence-corrected chi connectivity index (χ1v) is 9.98. The number of rotatable bonds is 10. The van der Waals surface area contributed by atoms with Crippen molar-refractivity contribution in [3.8, 4) is 17.4 Å². The fraction of sp³-hybridized carbons (Fsp3) is 0.333. The quantitative estimate of drug-likeness (QED) is 0.377. The van der Waals surface area contributed by atoms with Crippen molar-refractivity contribution >= 4 is 11.7 Å². The van der Waals surface area contributed by atoms with Gasteiger partial charge in [0.1, 0.15) is 11.8 Å². The lowest BCUT2D eigenvalue weighted by Crippen LogP contribution is -2.26. The smallest absolute Gasteiger partial charge is 0.248 e. The maximum absolute atomic E-state index is 13.9. The first kappa shape index (κ1) is 23.2. The third-order valence-corrected chi connectivity index (χ3v) is 4.64. The van der Waals surface area contributed by atoms with Gasteiger partial charge in [-0.25, -0.2) is 8.78 Å². The maximum Gasteiger partial charge on any atom is 0.248 e. The zero-order chi connectivity index (χ0) is 23.3. The fourth-order valence-corrected chi connectivity index (χ4v) is 3.13. The molecule has 3 rings (SSSR count). The molecule has 32 heavy (non-hydrogen) atoms. The van der Waals surface area contributed by atoms with Gasteiger partial charge in [-0.3, -0.25) is 9.48 Å². The number of hydrogen-bond donors (Lipinski definition) is 4. The van der Waals surface area contributed by atoms with Gasteiger partial charge in [0, 0.05) is 18.3 Å². The van der Waals surface area contributed by atoms with Crippen LogP contribution < -0.4 is 10.1 Å². The maximum atomic E-state index is 13.9. The van der Waals surface area contributed by atoms with Crippen LogP contribution in [0, 0.1) is 11.6 Å². The molecule has 0 radical (unpaired) electrons. The summed E-state index contributed by atoms with van der Waals surface area (Å²) in [6, 6.07) is 5.12. The van der Waals surface area contributed by atoms with Crippen LogP contribution in [0.1, 0.15) is 25.8 Å². The minimum atomic E-state index is -0.985. The van der Waals surface area contributed by atoms with Crippen molar-refractivity contribution in [1.29, 1.82) is 0 Å². The number of aliphatic hydroxyl groups excluding tert-OH is 2. The molecule has 0 aliphatic carbocycles. The van der Waals surface area contributed by atoms with Crippen LogP contribution in [0.25, 0.3) is 0 Å². The first-order chi connectivity index (χ1) is 15.3. The molecule has 3 aromatic rings. The van der Waals surface area contributed by atoms with Gasteiger partial charge < -0.3 is 29.9 Å². The van der Waals surface area contributed by atoms with Crippen LogP contribution in [0.2, 0.25) is 0 Å². The number of carbonyl (C=O) groups excluding carboxylic acids is 1. The number of aliphatic hydroxyl groups is 2. The molecular formula is C21H24F2N4O5. The second kappa shape index (κ2) is 10.2. The van der Waals surface area contributed by atoms with Crippen LogP contribution in [0.5, 0.6) is 17.4 Å². The number of ether oxygens (including phenoxy) is 1. The topological polar surface area (TPSA) is 122 Å². The highest BCUT2D eigenvalue weighted by Gasteiger charge is 2.24. The van der Waals surface area contributed by atoms with Gasteiger partial charge in [0.2, 0.25) is 5.91 Å². The molecule has 2 aromatic heterocycles. The Labute approximate surface area is 182 Å². The highest BCUT2D eigenvalue weighted by atomic mass is 19.1. The number of para-hydroxylation sites is 1. The average molecular weight is 450 g/mol.